The number of halogens is 1. The summed E-state index contributed by atoms with van der Waals surface area (Å²) in [6.07, 6.45) is 1.07. The van der Waals surface area contributed by atoms with Gasteiger partial charge in [0.1, 0.15) is 5.82 Å². The highest BCUT2D eigenvalue weighted by Crippen LogP contribution is 2.08. The van der Waals surface area contributed by atoms with Crippen molar-refractivity contribution in [3.05, 3.63) is 35.6 Å². The number of carbonyl (C=O) groups excluding carboxylic acids is 1. The second-order valence-corrected chi connectivity index (χ2v) is 6.34. The fourth-order valence-corrected chi connectivity index (χ4v) is 3.10. The first-order chi connectivity index (χ1) is 8.94. The van der Waals surface area contributed by atoms with Gasteiger partial charge in [0.25, 0.3) is 0 Å². The van der Waals surface area contributed by atoms with Crippen molar-refractivity contribution in [2.75, 3.05) is 6.54 Å². The number of carbonyl (C=O) groups is 1. The Kier molecular flexibility index (Phi) is 4.16. The Balaban J connectivity index is 1.88. The van der Waals surface area contributed by atoms with Gasteiger partial charge >= 0.3 is 0 Å². The number of rotatable bonds is 5. The van der Waals surface area contributed by atoms with Crippen LogP contribution in [0.3, 0.4) is 0 Å². The molecular formula is C12H15FN2O3S. The minimum Gasteiger partial charge on any atom is -0.352 e. The summed E-state index contributed by atoms with van der Waals surface area (Å²) >= 11 is 0. The van der Waals surface area contributed by atoms with E-state index in [-0.39, 0.29) is 24.2 Å². The van der Waals surface area contributed by atoms with E-state index in [4.69, 9.17) is 0 Å². The van der Waals surface area contributed by atoms with Gasteiger partial charge in [0.05, 0.1) is 5.75 Å². The van der Waals surface area contributed by atoms with Crippen molar-refractivity contribution in [1.82, 2.24) is 10.0 Å². The monoisotopic (exact) mass is 286 g/mol. The van der Waals surface area contributed by atoms with Gasteiger partial charge in [0, 0.05) is 19.0 Å². The highest BCUT2D eigenvalue weighted by atomic mass is 32.2. The van der Waals surface area contributed by atoms with Crippen LogP contribution in [0.15, 0.2) is 24.3 Å². The van der Waals surface area contributed by atoms with E-state index < -0.39 is 15.8 Å². The maximum atomic E-state index is 12.7. The lowest BCUT2D eigenvalue weighted by Gasteiger charge is -2.11. The fraction of sp³-hybridized carbons (Fsp3) is 0.417. The molecule has 19 heavy (non-hydrogen) atoms. The molecule has 0 bridgehead atoms. The second kappa shape index (κ2) is 5.66. The van der Waals surface area contributed by atoms with Crippen LogP contribution in [0.4, 0.5) is 4.39 Å². The summed E-state index contributed by atoms with van der Waals surface area (Å²) in [5, 5.41) is 2.68. The SMILES string of the molecule is O=C1CCC(CNS(=O)(=O)Cc2ccc(F)cc2)N1. The Morgan fingerprint density at radius 2 is 2.00 bits per heavy atom. The third-order valence-electron chi connectivity index (χ3n) is 2.90. The molecule has 7 heteroatoms. The predicted octanol–water partition coefficient (Wildman–Crippen LogP) is 0.524. The van der Waals surface area contributed by atoms with Crippen LogP contribution in [0.25, 0.3) is 0 Å². The van der Waals surface area contributed by atoms with E-state index in [0.717, 1.165) is 0 Å². The number of hydrogen-bond acceptors (Lipinski definition) is 3. The number of amides is 1. The van der Waals surface area contributed by atoms with Crippen LogP contribution in [-0.4, -0.2) is 26.9 Å². The van der Waals surface area contributed by atoms with Gasteiger partial charge in [-0.2, -0.15) is 0 Å². The van der Waals surface area contributed by atoms with E-state index in [1.54, 1.807) is 0 Å². The van der Waals surface area contributed by atoms with Crippen LogP contribution in [0.2, 0.25) is 0 Å². The Hall–Kier alpha value is -1.47. The smallest absolute Gasteiger partial charge is 0.220 e. The average Bonchev–Trinajstić information content (AvgIpc) is 2.76. The molecule has 1 aromatic rings. The molecule has 1 unspecified atom stereocenters. The van der Waals surface area contributed by atoms with Crippen molar-refractivity contribution in [3.63, 3.8) is 0 Å². The highest BCUT2D eigenvalue weighted by molar-refractivity contribution is 7.88. The molecule has 0 spiro atoms. The minimum absolute atomic E-state index is 0.0530. The summed E-state index contributed by atoms with van der Waals surface area (Å²) in [6, 6.07) is 5.18. The number of hydrogen-bond donors (Lipinski definition) is 2. The third kappa shape index (κ3) is 4.29. The zero-order chi connectivity index (χ0) is 13.9. The van der Waals surface area contributed by atoms with E-state index in [1.165, 1.54) is 24.3 Å². The van der Waals surface area contributed by atoms with Gasteiger partial charge in [0.15, 0.2) is 0 Å². The molecule has 1 atom stereocenters. The quantitative estimate of drug-likeness (QED) is 0.829. The molecule has 1 amide bonds. The van der Waals surface area contributed by atoms with Crippen LogP contribution in [-0.2, 0) is 20.6 Å². The van der Waals surface area contributed by atoms with E-state index in [2.05, 4.69) is 10.0 Å². The van der Waals surface area contributed by atoms with Gasteiger partial charge in [-0.05, 0) is 24.1 Å². The zero-order valence-electron chi connectivity index (χ0n) is 10.2. The second-order valence-electron chi connectivity index (χ2n) is 4.54. The predicted molar refractivity (Wildman–Crippen MR) is 68.2 cm³/mol. The first-order valence-corrected chi connectivity index (χ1v) is 7.61. The molecule has 1 aromatic carbocycles. The first-order valence-electron chi connectivity index (χ1n) is 5.96. The van der Waals surface area contributed by atoms with Crippen molar-refractivity contribution in [2.45, 2.75) is 24.6 Å². The summed E-state index contributed by atoms with van der Waals surface area (Å²) in [7, 11) is -3.48. The Labute approximate surface area is 111 Å². The Morgan fingerprint density at radius 1 is 1.32 bits per heavy atom. The molecule has 104 valence electrons. The van der Waals surface area contributed by atoms with Gasteiger partial charge < -0.3 is 5.32 Å². The standard InChI is InChI=1S/C12H15FN2O3S/c13-10-3-1-9(2-4-10)8-19(17,18)14-7-11-5-6-12(16)15-11/h1-4,11,14H,5-8H2,(H,15,16). The molecule has 0 aliphatic carbocycles. The van der Waals surface area contributed by atoms with Crippen LogP contribution < -0.4 is 10.0 Å². The van der Waals surface area contributed by atoms with Gasteiger partial charge in [-0.1, -0.05) is 12.1 Å². The minimum atomic E-state index is -3.48. The normalized spacial score (nSPS) is 19.4. The maximum absolute atomic E-state index is 12.7. The zero-order valence-corrected chi connectivity index (χ0v) is 11.0. The molecule has 0 saturated carbocycles. The summed E-state index contributed by atoms with van der Waals surface area (Å²) in [6.45, 7) is 0.190. The van der Waals surface area contributed by atoms with Crippen LogP contribution in [0.1, 0.15) is 18.4 Å². The van der Waals surface area contributed by atoms with Crippen LogP contribution in [0.5, 0.6) is 0 Å². The molecule has 2 rings (SSSR count). The van der Waals surface area contributed by atoms with Gasteiger partial charge in [-0.15, -0.1) is 0 Å². The fourth-order valence-electron chi connectivity index (χ4n) is 1.91. The topological polar surface area (TPSA) is 75.3 Å². The van der Waals surface area contributed by atoms with Gasteiger partial charge in [-0.25, -0.2) is 17.5 Å². The Bertz CT molecular complexity index is 557. The third-order valence-corrected chi connectivity index (χ3v) is 4.22. The molecule has 1 aliphatic heterocycles. The van der Waals surface area contributed by atoms with Crippen LogP contribution >= 0.6 is 0 Å². The highest BCUT2D eigenvalue weighted by Gasteiger charge is 2.22. The molecule has 0 radical (unpaired) electrons. The molecule has 1 heterocycles. The summed E-state index contributed by atoms with van der Waals surface area (Å²) in [4.78, 5) is 11.0. The van der Waals surface area contributed by atoms with Crippen molar-refractivity contribution >= 4 is 15.9 Å². The summed E-state index contributed by atoms with van der Waals surface area (Å²) in [5.74, 6) is -0.654. The van der Waals surface area contributed by atoms with E-state index in [1.807, 2.05) is 0 Å². The molecule has 2 N–H and O–H groups in total. The average molecular weight is 286 g/mol. The summed E-state index contributed by atoms with van der Waals surface area (Å²) < 4.78 is 38.8. The van der Waals surface area contributed by atoms with Crippen molar-refractivity contribution in [2.24, 2.45) is 0 Å². The van der Waals surface area contributed by atoms with Gasteiger partial charge in [-0.3, -0.25) is 4.79 Å². The number of nitrogens with one attached hydrogen (secondary N) is 2. The molecule has 1 aliphatic rings. The molecular weight excluding hydrogens is 271 g/mol. The molecule has 0 aromatic heterocycles. The van der Waals surface area contributed by atoms with E-state index >= 15 is 0 Å². The van der Waals surface area contributed by atoms with E-state index in [9.17, 15) is 17.6 Å². The van der Waals surface area contributed by atoms with Crippen molar-refractivity contribution in [1.29, 1.82) is 0 Å². The van der Waals surface area contributed by atoms with Crippen molar-refractivity contribution < 1.29 is 17.6 Å². The lowest BCUT2D eigenvalue weighted by molar-refractivity contribution is -0.119. The Morgan fingerprint density at radius 3 is 2.58 bits per heavy atom. The number of sulfonamides is 1. The molecule has 5 nitrogen and oxygen atoms in total. The molecule has 1 saturated heterocycles. The van der Waals surface area contributed by atoms with Crippen molar-refractivity contribution in [3.8, 4) is 0 Å². The first kappa shape index (κ1) is 14.0. The van der Waals surface area contributed by atoms with E-state index in [0.29, 0.717) is 18.4 Å². The molecule has 1 fully saturated rings. The van der Waals surface area contributed by atoms with Gasteiger partial charge in [0.2, 0.25) is 15.9 Å². The summed E-state index contributed by atoms with van der Waals surface area (Å²) in [5.41, 5.74) is 0.518. The number of benzene rings is 1. The largest absolute Gasteiger partial charge is 0.352 e. The lowest BCUT2D eigenvalue weighted by atomic mass is 10.2. The lowest BCUT2D eigenvalue weighted by Crippen LogP contribution is -2.38. The maximum Gasteiger partial charge on any atom is 0.220 e. The van der Waals surface area contributed by atoms with Crippen LogP contribution in [0, 0.1) is 5.82 Å².